The molecule has 0 aliphatic carbocycles. The van der Waals surface area contributed by atoms with Crippen molar-refractivity contribution in [3.05, 3.63) is 24.3 Å². The largest absolute Gasteiger partial charge is 0.395 e. The van der Waals surface area contributed by atoms with Crippen LogP contribution in [0.15, 0.2) is 29.2 Å². The first-order valence-electron chi connectivity index (χ1n) is 6.45. The predicted octanol–water partition coefficient (Wildman–Crippen LogP) is 1.51. The number of aliphatic hydroxyl groups excluding tert-OH is 1. The molecule has 0 aromatic heterocycles. The molecule has 2 unspecified atom stereocenters. The summed E-state index contributed by atoms with van der Waals surface area (Å²) in [5.41, 5.74) is 0.549. The number of thioether (sulfide) groups is 1. The summed E-state index contributed by atoms with van der Waals surface area (Å²) in [6.07, 6.45) is 1.92. The molecule has 0 saturated heterocycles. The van der Waals surface area contributed by atoms with Gasteiger partial charge >= 0.3 is 0 Å². The van der Waals surface area contributed by atoms with Gasteiger partial charge in [0.2, 0.25) is 10.0 Å². The number of benzene rings is 1. The molecule has 0 saturated carbocycles. The highest BCUT2D eigenvalue weighted by Gasteiger charge is 2.20. The smallest absolute Gasteiger partial charge is 0.242 e. The van der Waals surface area contributed by atoms with Crippen LogP contribution in [0.2, 0.25) is 0 Å². The number of sulfonamides is 1. The molecule has 7 heteroatoms. The van der Waals surface area contributed by atoms with Crippen molar-refractivity contribution in [3.8, 4) is 0 Å². The van der Waals surface area contributed by atoms with Gasteiger partial charge < -0.3 is 10.4 Å². The van der Waals surface area contributed by atoms with Crippen LogP contribution < -0.4 is 10.0 Å². The van der Waals surface area contributed by atoms with E-state index in [2.05, 4.69) is 10.0 Å². The van der Waals surface area contributed by atoms with E-state index < -0.39 is 10.0 Å². The van der Waals surface area contributed by atoms with Gasteiger partial charge in [-0.25, -0.2) is 13.1 Å². The van der Waals surface area contributed by atoms with Crippen molar-refractivity contribution in [3.63, 3.8) is 0 Å². The maximum absolute atomic E-state index is 12.1. The first-order chi connectivity index (χ1) is 9.46. The average molecular weight is 318 g/mol. The summed E-state index contributed by atoms with van der Waals surface area (Å²) in [5.74, 6) is 0. The van der Waals surface area contributed by atoms with Crippen LogP contribution in [0.25, 0.3) is 0 Å². The molecule has 2 atom stereocenters. The zero-order valence-electron chi connectivity index (χ0n) is 12.0. The van der Waals surface area contributed by atoms with Gasteiger partial charge in [0.1, 0.15) is 4.90 Å². The zero-order chi connectivity index (χ0) is 15.2. The Labute approximate surface area is 125 Å². The Morgan fingerprint density at radius 3 is 2.55 bits per heavy atom. The SMILES string of the molecule is CCNS(=O)(=O)c1ccccc1NC(C)C(CO)SC. The Kier molecular flexibility index (Phi) is 6.81. The number of para-hydroxylation sites is 1. The first-order valence-corrected chi connectivity index (χ1v) is 9.22. The molecule has 20 heavy (non-hydrogen) atoms. The summed E-state index contributed by atoms with van der Waals surface area (Å²) < 4.78 is 26.8. The van der Waals surface area contributed by atoms with Crippen LogP contribution in [0, 0.1) is 0 Å². The first kappa shape index (κ1) is 17.3. The van der Waals surface area contributed by atoms with Crippen molar-refractivity contribution in [2.75, 3.05) is 24.7 Å². The molecular formula is C13H22N2O3S2. The Morgan fingerprint density at radius 1 is 1.35 bits per heavy atom. The molecule has 0 amide bonds. The van der Waals surface area contributed by atoms with E-state index in [1.165, 1.54) is 0 Å². The van der Waals surface area contributed by atoms with Crippen LogP contribution in [-0.2, 0) is 10.0 Å². The molecule has 1 aromatic rings. The number of rotatable bonds is 8. The van der Waals surface area contributed by atoms with Crippen LogP contribution in [0.3, 0.4) is 0 Å². The fourth-order valence-corrected chi connectivity index (χ4v) is 3.70. The summed E-state index contributed by atoms with van der Waals surface area (Å²) in [6, 6.07) is 6.73. The second-order valence-electron chi connectivity index (χ2n) is 4.39. The van der Waals surface area contributed by atoms with Gasteiger partial charge in [0.15, 0.2) is 0 Å². The highest BCUT2D eigenvalue weighted by molar-refractivity contribution is 7.99. The topological polar surface area (TPSA) is 78.4 Å². The monoisotopic (exact) mass is 318 g/mol. The minimum atomic E-state index is -3.51. The van der Waals surface area contributed by atoms with Crippen molar-refractivity contribution in [2.45, 2.75) is 30.0 Å². The molecule has 3 N–H and O–H groups in total. The molecule has 0 aliphatic heterocycles. The van der Waals surface area contributed by atoms with E-state index in [0.717, 1.165) is 0 Å². The summed E-state index contributed by atoms with van der Waals surface area (Å²) in [7, 11) is -3.51. The van der Waals surface area contributed by atoms with E-state index in [9.17, 15) is 13.5 Å². The number of nitrogens with one attached hydrogen (secondary N) is 2. The van der Waals surface area contributed by atoms with Crippen molar-refractivity contribution in [2.24, 2.45) is 0 Å². The molecule has 0 aliphatic rings. The minimum Gasteiger partial charge on any atom is -0.395 e. The number of aliphatic hydroxyl groups is 1. The van der Waals surface area contributed by atoms with Crippen LogP contribution >= 0.6 is 11.8 Å². The summed E-state index contributed by atoms with van der Waals surface area (Å²) in [4.78, 5) is 0.228. The summed E-state index contributed by atoms with van der Waals surface area (Å²) in [6.45, 7) is 4.05. The molecule has 5 nitrogen and oxygen atoms in total. The van der Waals surface area contributed by atoms with E-state index in [-0.39, 0.29) is 22.8 Å². The predicted molar refractivity (Wildman–Crippen MR) is 84.8 cm³/mol. The van der Waals surface area contributed by atoms with Crippen LogP contribution in [0.5, 0.6) is 0 Å². The highest BCUT2D eigenvalue weighted by Crippen LogP contribution is 2.23. The molecule has 0 heterocycles. The van der Waals surface area contributed by atoms with E-state index in [1.54, 1.807) is 43.0 Å². The fraction of sp³-hybridized carbons (Fsp3) is 0.538. The number of hydrogen-bond acceptors (Lipinski definition) is 5. The van der Waals surface area contributed by atoms with Gasteiger partial charge in [-0.05, 0) is 25.3 Å². The molecule has 0 bridgehead atoms. The lowest BCUT2D eigenvalue weighted by Gasteiger charge is -2.23. The Morgan fingerprint density at radius 2 is 2.00 bits per heavy atom. The molecule has 0 spiro atoms. The van der Waals surface area contributed by atoms with Crippen molar-refractivity contribution < 1.29 is 13.5 Å². The van der Waals surface area contributed by atoms with Gasteiger partial charge in [-0.3, -0.25) is 0 Å². The van der Waals surface area contributed by atoms with E-state index in [1.807, 2.05) is 13.2 Å². The molecule has 1 rings (SSSR count). The van der Waals surface area contributed by atoms with Gasteiger partial charge in [-0.1, -0.05) is 19.1 Å². The van der Waals surface area contributed by atoms with Crippen molar-refractivity contribution >= 4 is 27.5 Å². The maximum atomic E-state index is 12.1. The quantitative estimate of drug-likeness (QED) is 0.677. The van der Waals surface area contributed by atoms with Crippen molar-refractivity contribution in [1.29, 1.82) is 0 Å². The number of anilines is 1. The molecule has 1 aromatic carbocycles. The lowest BCUT2D eigenvalue weighted by Crippen LogP contribution is -2.32. The summed E-state index contributed by atoms with van der Waals surface area (Å²) in [5, 5.41) is 12.5. The van der Waals surface area contributed by atoms with E-state index in [0.29, 0.717) is 12.2 Å². The van der Waals surface area contributed by atoms with E-state index in [4.69, 9.17) is 0 Å². The van der Waals surface area contributed by atoms with Crippen LogP contribution in [-0.4, -0.2) is 44.2 Å². The minimum absolute atomic E-state index is 0.00453. The van der Waals surface area contributed by atoms with Crippen LogP contribution in [0.1, 0.15) is 13.8 Å². The Bertz CT molecular complexity index is 516. The second-order valence-corrected chi connectivity index (χ2v) is 7.20. The third-order valence-corrected chi connectivity index (χ3v) is 5.70. The Balaban J connectivity index is 3.02. The lowest BCUT2D eigenvalue weighted by molar-refractivity contribution is 0.288. The molecule has 0 fully saturated rings. The molecular weight excluding hydrogens is 296 g/mol. The van der Waals surface area contributed by atoms with Gasteiger partial charge in [0.25, 0.3) is 0 Å². The fourth-order valence-electron chi connectivity index (χ4n) is 1.86. The Hall–Kier alpha value is -0.760. The normalized spacial score (nSPS) is 14.8. The maximum Gasteiger partial charge on any atom is 0.242 e. The van der Waals surface area contributed by atoms with E-state index >= 15 is 0 Å². The van der Waals surface area contributed by atoms with Crippen molar-refractivity contribution in [1.82, 2.24) is 4.72 Å². The number of hydrogen-bond donors (Lipinski definition) is 3. The van der Waals surface area contributed by atoms with Gasteiger partial charge in [0, 0.05) is 17.8 Å². The highest BCUT2D eigenvalue weighted by atomic mass is 32.2. The average Bonchev–Trinajstić information content (AvgIpc) is 2.40. The zero-order valence-corrected chi connectivity index (χ0v) is 13.6. The molecule has 114 valence electrons. The third-order valence-electron chi connectivity index (χ3n) is 2.93. The standard InChI is InChI=1S/C13H22N2O3S2/c1-4-14-20(17,18)13-8-6-5-7-11(13)15-10(2)12(9-16)19-3/h5-8,10,12,14-16H,4,9H2,1-3H3. The van der Waals surface area contributed by atoms with Gasteiger partial charge in [-0.15, -0.1) is 0 Å². The lowest BCUT2D eigenvalue weighted by atomic mass is 10.2. The van der Waals surface area contributed by atoms with Gasteiger partial charge in [0.05, 0.1) is 12.3 Å². The molecule has 0 radical (unpaired) electrons. The summed E-state index contributed by atoms with van der Waals surface area (Å²) >= 11 is 1.54. The third kappa shape index (κ3) is 4.37. The second kappa shape index (κ2) is 7.87. The van der Waals surface area contributed by atoms with Gasteiger partial charge in [-0.2, -0.15) is 11.8 Å². The van der Waals surface area contributed by atoms with Crippen LogP contribution in [0.4, 0.5) is 5.69 Å².